The monoisotopic (exact) mass is 476 g/mol. The largest absolute Gasteiger partial charge is 0.465 e. The summed E-state index contributed by atoms with van der Waals surface area (Å²) in [6.45, 7) is 1.42. The third-order valence-corrected chi connectivity index (χ3v) is 3.83. The van der Waals surface area contributed by atoms with Gasteiger partial charge >= 0.3 is 6.09 Å². The number of alkyl halides is 1. The number of carboxylic acid groups (broad SMARTS) is 1. The van der Waals surface area contributed by atoms with Crippen LogP contribution >= 0.6 is 34.2 Å². The molecule has 1 heterocycles. The summed E-state index contributed by atoms with van der Waals surface area (Å²) in [6.07, 6.45) is -1.30. The predicted octanol–water partition coefficient (Wildman–Crippen LogP) is 2.74. The molecule has 0 bridgehead atoms. The number of anilines is 3. The highest BCUT2D eigenvalue weighted by atomic mass is 127. The second-order valence-electron chi connectivity index (χ2n) is 4.95. The van der Waals surface area contributed by atoms with E-state index in [2.05, 4.69) is 31.7 Å². The lowest BCUT2D eigenvalue weighted by molar-refractivity contribution is -0.122. The minimum absolute atomic E-state index is 0.285. The van der Waals surface area contributed by atoms with E-state index in [-0.39, 0.29) is 5.82 Å². The van der Waals surface area contributed by atoms with Gasteiger partial charge in [0.25, 0.3) is 5.91 Å². The Labute approximate surface area is 161 Å². The van der Waals surface area contributed by atoms with Crippen LogP contribution in [-0.4, -0.2) is 30.8 Å². The second kappa shape index (κ2) is 8.16. The van der Waals surface area contributed by atoms with Crippen LogP contribution in [0.2, 0.25) is 5.02 Å². The smallest absolute Gasteiger partial charge is 0.406 e. The van der Waals surface area contributed by atoms with E-state index in [1.165, 1.54) is 6.92 Å². The summed E-state index contributed by atoms with van der Waals surface area (Å²) in [5.41, 5.74) is 5.68. The van der Waals surface area contributed by atoms with Crippen LogP contribution in [0.4, 0.5) is 22.1 Å². The number of nitrogens with zero attached hydrogens (tertiary/aromatic N) is 2. The van der Waals surface area contributed by atoms with Gasteiger partial charge in [0, 0.05) is 10.7 Å². The molecule has 0 aliphatic carbocycles. The van der Waals surface area contributed by atoms with Crippen molar-refractivity contribution in [2.24, 2.45) is 0 Å². The van der Waals surface area contributed by atoms with Gasteiger partial charge in [0.15, 0.2) is 15.2 Å². The molecule has 0 saturated carbocycles. The Morgan fingerprint density at radius 2 is 1.88 bits per heavy atom. The van der Waals surface area contributed by atoms with Crippen LogP contribution < -0.4 is 21.5 Å². The molecule has 2 amide bonds. The van der Waals surface area contributed by atoms with Crippen molar-refractivity contribution >= 4 is 63.5 Å². The lowest BCUT2D eigenvalue weighted by Crippen LogP contribution is -2.53. The van der Waals surface area contributed by atoms with E-state index in [4.69, 9.17) is 16.7 Å². The average molecular weight is 477 g/mol. The fourth-order valence-electron chi connectivity index (χ4n) is 1.68. The fourth-order valence-corrected chi connectivity index (χ4v) is 2.23. The first-order chi connectivity index (χ1) is 11.8. The molecule has 1 aromatic carbocycles. The van der Waals surface area contributed by atoms with Crippen molar-refractivity contribution in [1.82, 2.24) is 20.9 Å². The molecule has 0 fully saturated rings. The zero-order valence-corrected chi connectivity index (χ0v) is 15.8. The first kappa shape index (κ1) is 19.0. The minimum atomic E-state index is -1.34. The number of rotatable bonds is 6. The summed E-state index contributed by atoms with van der Waals surface area (Å²) in [4.78, 5) is 22.6. The fraction of sp³-hybridized carbons (Fsp3) is 0.143. The number of nitrogens with one attached hydrogen (secondary N) is 4. The Morgan fingerprint density at radius 3 is 2.48 bits per heavy atom. The maximum Gasteiger partial charge on any atom is 0.406 e. The predicted molar refractivity (Wildman–Crippen MR) is 102 cm³/mol. The van der Waals surface area contributed by atoms with Gasteiger partial charge in [-0.05, 0) is 59.8 Å². The van der Waals surface area contributed by atoms with Gasteiger partial charge in [-0.3, -0.25) is 21.0 Å². The van der Waals surface area contributed by atoms with Crippen LogP contribution in [0.1, 0.15) is 6.92 Å². The summed E-state index contributed by atoms with van der Waals surface area (Å²) >= 11 is 7.59. The molecule has 0 radical (unpaired) electrons. The van der Waals surface area contributed by atoms with Crippen LogP contribution in [-0.2, 0) is 4.79 Å². The lowest BCUT2D eigenvalue weighted by Gasteiger charge is -2.21. The van der Waals surface area contributed by atoms with E-state index in [9.17, 15) is 9.59 Å². The molecule has 1 unspecified atom stereocenters. The average Bonchev–Trinajstić information content (AvgIpc) is 2.52. The molecular weight excluding hydrogens is 463 g/mol. The number of carbonyl (C=O) groups excluding carboxylic acids is 1. The number of hydrazine groups is 1. The highest BCUT2D eigenvalue weighted by Gasteiger charge is 2.31. The highest BCUT2D eigenvalue weighted by molar-refractivity contribution is 14.1. The van der Waals surface area contributed by atoms with Crippen LogP contribution in [0.3, 0.4) is 0 Å². The minimum Gasteiger partial charge on any atom is -0.465 e. The van der Waals surface area contributed by atoms with Crippen LogP contribution in [0.5, 0.6) is 0 Å². The maximum atomic E-state index is 11.9. The Hall–Kier alpha value is -2.34. The number of hydrogen-bond acceptors (Lipinski definition) is 6. The van der Waals surface area contributed by atoms with Crippen molar-refractivity contribution < 1.29 is 14.7 Å². The molecule has 11 heteroatoms. The molecular formula is C14H14ClIN6O3. The molecule has 2 rings (SSSR count). The van der Waals surface area contributed by atoms with Crippen molar-refractivity contribution in [2.75, 3.05) is 10.7 Å². The third-order valence-electron chi connectivity index (χ3n) is 2.83. The molecule has 2 aromatic rings. The van der Waals surface area contributed by atoms with E-state index in [1.807, 2.05) is 6.07 Å². The van der Waals surface area contributed by atoms with Gasteiger partial charge < -0.3 is 10.4 Å². The Balaban J connectivity index is 1.92. The number of benzene rings is 1. The van der Waals surface area contributed by atoms with Crippen molar-refractivity contribution in [2.45, 2.75) is 10.5 Å². The highest BCUT2D eigenvalue weighted by Crippen LogP contribution is 2.19. The van der Waals surface area contributed by atoms with E-state index in [0.717, 1.165) is 5.69 Å². The normalized spacial score (nSPS) is 12.6. The summed E-state index contributed by atoms with van der Waals surface area (Å²) in [5.74, 6) is 0.191. The zero-order valence-electron chi connectivity index (χ0n) is 12.9. The molecule has 5 N–H and O–H groups in total. The molecule has 0 aliphatic rings. The second-order valence-corrected chi connectivity index (χ2v) is 7.55. The van der Waals surface area contributed by atoms with Crippen molar-refractivity contribution in [3.8, 4) is 0 Å². The summed E-state index contributed by atoms with van der Waals surface area (Å²) in [7, 11) is 0. The third kappa shape index (κ3) is 5.90. The summed E-state index contributed by atoms with van der Waals surface area (Å²) in [5, 5.41) is 22.3. The molecule has 9 nitrogen and oxygen atoms in total. The van der Waals surface area contributed by atoms with E-state index in [1.54, 1.807) is 52.9 Å². The maximum absolute atomic E-state index is 11.9. The molecule has 132 valence electrons. The van der Waals surface area contributed by atoms with Gasteiger partial charge in [-0.2, -0.15) is 0 Å². The first-order valence-electron chi connectivity index (χ1n) is 6.89. The van der Waals surface area contributed by atoms with Crippen LogP contribution in [0.25, 0.3) is 0 Å². The van der Waals surface area contributed by atoms with Crippen LogP contribution in [0, 0.1) is 0 Å². The molecule has 0 spiro atoms. The number of carbonyl (C=O) groups is 2. The van der Waals surface area contributed by atoms with Crippen molar-refractivity contribution in [3.05, 3.63) is 41.4 Å². The number of amides is 2. The van der Waals surface area contributed by atoms with E-state index >= 15 is 0 Å². The standard InChI is InChI=1S/C14H14ClIN6O3/c1-14(16,18-13(24)25)12(23)22-21-11-6-5-10(19-20-11)17-9-4-2-3-8(15)7-9/h2-7,18H,1H3,(H,17,19)(H,20,21)(H,22,23)(H,24,25). The number of halogens is 2. The number of aromatic nitrogens is 2. The van der Waals surface area contributed by atoms with E-state index in [0.29, 0.717) is 10.8 Å². The Kier molecular flexibility index (Phi) is 6.20. The summed E-state index contributed by atoms with van der Waals surface area (Å²) < 4.78 is -1.34. The van der Waals surface area contributed by atoms with Gasteiger partial charge in [0.05, 0.1) is 0 Å². The molecule has 0 saturated heterocycles. The molecule has 0 aliphatic heterocycles. The Bertz CT molecular complexity index is 771. The van der Waals surface area contributed by atoms with Gasteiger partial charge in [0.1, 0.15) is 0 Å². The summed E-state index contributed by atoms with van der Waals surface area (Å²) in [6, 6.07) is 10.4. The number of hydrogen-bond donors (Lipinski definition) is 5. The zero-order chi connectivity index (χ0) is 18.4. The Morgan fingerprint density at radius 1 is 1.20 bits per heavy atom. The van der Waals surface area contributed by atoms with Crippen molar-refractivity contribution in [3.63, 3.8) is 0 Å². The molecule has 25 heavy (non-hydrogen) atoms. The van der Waals surface area contributed by atoms with E-state index < -0.39 is 15.5 Å². The van der Waals surface area contributed by atoms with Gasteiger partial charge in [-0.1, -0.05) is 17.7 Å². The molecule has 1 aromatic heterocycles. The van der Waals surface area contributed by atoms with Gasteiger partial charge in [-0.15, -0.1) is 10.2 Å². The van der Waals surface area contributed by atoms with Gasteiger partial charge in [-0.25, -0.2) is 4.79 Å². The SMILES string of the molecule is CC(I)(NC(=O)O)C(=O)NNc1ccc(Nc2cccc(Cl)c2)nn1. The molecule has 1 atom stereocenters. The topological polar surface area (TPSA) is 128 Å². The quantitative estimate of drug-likeness (QED) is 0.188. The lowest BCUT2D eigenvalue weighted by atomic mass is 10.3. The van der Waals surface area contributed by atoms with Gasteiger partial charge in [0.2, 0.25) is 0 Å². The van der Waals surface area contributed by atoms with Crippen LogP contribution in [0.15, 0.2) is 36.4 Å². The van der Waals surface area contributed by atoms with Crippen molar-refractivity contribution in [1.29, 1.82) is 0 Å². The first-order valence-corrected chi connectivity index (χ1v) is 8.35.